The summed E-state index contributed by atoms with van der Waals surface area (Å²) in [7, 11) is 0. The van der Waals surface area contributed by atoms with Crippen molar-refractivity contribution in [3.63, 3.8) is 0 Å². The second-order valence-corrected chi connectivity index (χ2v) is 4.34. The predicted octanol–water partition coefficient (Wildman–Crippen LogP) is 3.26. The Bertz CT molecular complexity index is 523. The zero-order valence-corrected chi connectivity index (χ0v) is 10.1. The second kappa shape index (κ2) is 4.49. The number of carbonyl (C=O) groups excluding carboxylic acids is 1. The maximum Gasteiger partial charge on any atom is 0.195 e. The van der Waals surface area contributed by atoms with Gasteiger partial charge in [0.1, 0.15) is 0 Å². The van der Waals surface area contributed by atoms with Crippen LogP contribution in [-0.4, -0.2) is 5.78 Å². The first-order chi connectivity index (χ1) is 7.68. The number of anilines is 1. The molecule has 0 bridgehead atoms. The largest absolute Gasteiger partial charge is 0.398 e. The maximum absolute atomic E-state index is 12.1. The number of ketones is 1. The molecule has 0 aliphatic heterocycles. The van der Waals surface area contributed by atoms with Gasteiger partial charge in [-0.3, -0.25) is 4.79 Å². The lowest BCUT2D eigenvalue weighted by Gasteiger charge is -2.05. The van der Waals surface area contributed by atoms with Crippen LogP contribution in [-0.2, 0) is 0 Å². The first-order valence-electron chi connectivity index (χ1n) is 4.83. The molecule has 2 nitrogen and oxygen atoms in total. The average Bonchev–Trinajstić information content (AvgIpc) is 2.29. The summed E-state index contributed by atoms with van der Waals surface area (Å²) >= 11 is 3.31. The molecule has 0 amide bonds. The van der Waals surface area contributed by atoms with Crippen LogP contribution in [0.15, 0.2) is 53.0 Å². The number of hydrogen-bond donors (Lipinski definition) is 1. The molecule has 0 radical (unpaired) electrons. The van der Waals surface area contributed by atoms with Crippen LogP contribution in [0, 0.1) is 0 Å². The van der Waals surface area contributed by atoms with E-state index in [4.69, 9.17) is 5.73 Å². The number of carbonyl (C=O) groups is 1. The number of halogens is 1. The SMILES string of the molecule is Nc1cc(Br)ccc1C(=O)c1ccccc1. The van der Waals surface area contributed by atoms with Crippen molar-refractivity contribution in [2.45, 2.75) is 0 Å². The van der Waals surface area contributed by atoms with Crippen molar-refractivity contribution in [1.29, 1.82) is 0 Å². The lowest BCUT2D eigenvalue weighted by Crippen LogP contribution is -2.04. The van der Waals surface area contributed by atoms with Gasteiger partial charge >= 0.3 is 0 Å². The molecule has 0 aliphatic carbocycles. The van der Waals surface area contributed by atoms with Gasteiger partial charge < -0.3 is 5.73 Å². The summed E-state index contributed by atoms with van der Waals surface area (Å²) in [6.45, 7) is 0. The fourth-order valence-electron chi connectivity index (χ4n) is 1.49. The van der Waals surface area contributed by atoms with E-state index >= 15 is 0 Å². The molecule has 0 saturated carbocycles. The molecule has 2 N–H and O–H groups in total. The summed E-state index contributed by atoms with van der Waals surface area (Å²) in [4.78, 5) is 12.1. The highest BCUT2D eigenvalue weighted by Crippen LogP contribution is 2.21. The molecular formula is C13H10BrNO. The quantitative estimate of drug-likeness (QED) is 0.675. The molecule has 2 rings (SSSR count). The van der Waals surface area contributed by atoms with Crippen molar-refractivity contribution >= 4 is 27.4 Å². The third kappa shape index (κ3) is 2.14. The predicted molar refractivity (Wildman–Crippen MR) is 68.4 cm³/mol. The molecule has 0 fully saturated rings. The lowest BCUT2D eigenvalue weighted by atomic mass is 10.0. The summed E-state index contributed by atoms with van der Waals surface area (Å²) < 4.78 is 0.870. The Kier molecular flexibility index (Phi) is 3.06. The van der Waals surface area contributed by atoms with Crippen molar-refractivity contribution < 1.29 is 4.79 Å². The molecule has 0 saturated heterocycles. The second-order valence-electron chi connectivity index (χ2n) is 3.43. The zero-order valence-electron chi connectivity index (χ0n) is 8.48. The Morgan fingerprint density at radius 1 is 1.06 bits per heavy atom. The molecule has 0 aliphatic rings. The highest BCUT2D eigenvalue weighted by Gasteiger charge is 2.11. The summed E-state index contributed by atoms with van der Waals surface area (Å²) in [5, 5.41) is 0. The van der Waals surface area contributed by atoms with Crippen LogP contribution >= 0.6 is 15.9 Å². The summed E-state index contributed by atoms with van der Waals surface area (Å²) in [6, 6.07) is 14.4. The van der Waals surface area contributed by atoms with E-state index < -0.39 is 0 Å². The van der Waals surface area contributed by atoms with Gasteiger partial charge in [0.2, 0.25) is 0 Å². The van der Waals surface area contributed by atoms with E-state index in [0.29, 0.717) is 16.8 Å². The van der Waals surface area contributed by atoms with Gasteiger partial charge in [0.05, 0.1) is 0 Å². The van der Waals surface area contributed by atoms with Crippen LogP contribution in [0.2, 0.25) is 0 Å². The number of benzene rings is 2. The average molecular weight is 276 g/mol. The molecule has 0 aromatic heterocycles. The number of hydrogen-bond acceptors (Lipinski definition) is 2. The van der Waals surface area contributed by atoms with E-state index in [2.05, 4.69) is 15.9 Å². The van der Waals surface area contributed by atoms with Crippen LogP contribution in [0.1, 0.15) is 15.9 Å². The number of nitrogen functional groups attached to an aromatic ring is 1. The topological polar surface area (TPSA) is 43.1 Å². The standard InChI is InChI=1S/C13H10BrNO/c14-10-6-7-11(12(15)8-10)13(16)9-4-2-1-3-5-9/h1-8H,15H2. The van der Waals surface area contributed by atoms with Crippen molar-refractivity contribution in [3.05, 3.63) is 64.1 Å². The van der Waals surface area contributed by atoms with E-state index in [-0.39, 0.29) is 5.78 Å². The van der Waals surface area contributed by atoms with E-state index in [1.54, 1.807) is 24.3 Å². The molecule has 2 aromatic carbocycles. The smallest absolute Gasteiger partial charge is 0.195 e. The minimum Gasteiger partial charge on any atom is -0.398 e. The summed E-state index contributed by atoms with van der Waals surface area (Å²) in [5.41, 5.74) is 7.48. The van der Waals surface area contributed by atoms with Gasteiger partial charge in [-0.1, -0.05) is 46.3 Å². The van der Waals surface area contributed by atoms with Gasteiger partial charge in [-0.05, 0) is 18.2 Å². The van der Waals surface area contributed by atoms with E-state index in [0.717, 1.165) is 4.47 Å². The first kappa shape index (κ1) is 10.9. The van der Waals surface area contributed by atoms with Gasteiger partial charge in [-0.25, -0.2) is 0 Å². The maximum atomic E-state index is 12.1. The van der Waals surface area contributed by atoms with Gasteiger partial charge in [0, 0.05) is 21.3 Å². The molecule has 2 aromatic rings. The minimum absolute atomic E-state index is 0.0504. The normalized spacial score (nSPS) is 10.1. The third-order valence-electron chi connectivity index (χ3n) is 2.29. The van der Waals surface area contributed by atoms with Gasteiger partial charge in [-0.15, -0.1) is 0 Å². The van der Waals surface area contributed by atoms with Gasteiger partial charge in [0.25, 0.3) is 0 Å². The van der Waals surface area contributed by atoms with Crippen LogP contribution in [0.25, 0.3) is 0 Å². The Morgan fingerprint density at radius 3 is 2.38 bits per heavy atom. The summed E-state index contributed by atoms with van der Waals surface area (Å²) in [5.74, 6) is -0.0504. The number of nitrogens with two attached hydrogens (primary N) is 1. The van der Waals surface area contributed by atoms with Crippen LogP contribution in [0.5, 0.6) is 0 Å². The van der Waals surface area contributed by atoms with Gasteiger partial charge in [-0.2, -0.15) is 0 Å². The lowest BCUT2D eigenvalue weighted by molar-refractivity contribution is 0.103. The molecule has 0 atom stereocenters. The molecule has 0 spiro atoms. The monoisotopic (exact) mass is 275 g/mol. The fraction of sp³-hybridized carbons (Fsp3) is 0. The fourth-order valence-corrected chi connectivity index (χ4v) is 1.86. The molecule has 80 valence electrons. The van der Waals surface area contributed by atoms with E-state index in [1.165, 1.54) is 0 Å². The Morgan fingerprint density at radius 2 is 1.75 bits per heavy atom. The summed E-state index contributed by atoms with van der Waals surface area (Å²) in [6.07, 6.45) is 0. The van der Waals surface area contributed by atoms with Crippen molar-refractivity contribution in [2.75, 3.05) is 5.73 Å². The van der Waals surface area contributed by atoms with Crippen LogP contribution < -0.4 is 5.73 Å². The van der Waals surface area contributed by atoms with E-state index in [9.17, 15) is 4.79 Å². The zero-order chi connectivity index (χ0) is 11.5. The van der Waals surface area contributed by atoms with Crippen LogP contribution in [0.3, 0.4) is 0 Å². The van der Waals surface area contributed by atoms with Crippen molar-refractivity contribution in [3.8, 4) is 0 Å². The van der Waals surface area contributed by atoms with Crippen LogP contribution in [0.4, 0.5) is 5.69 Å². The van der Waals surface area contributed by atoms with E-state index in [1.807, 2.05) is 24.3 Å². The number of rotatable bonds is 2. The van der Waals surface area contributed by atoms with Crippen molar-refractivity contribution in [2.24, 2.45) is 0 Å². The molecule has 16 heavy (non-hydrogen) atoms. The van der Waals surface area contributed by atoms with Crippen molar-refractivity contribution in [1.82, 2.24) is 0 Å². The minimum atomic E-state index is -0.0504. The third-order valence-corrected chi connectivity index (χ3v) is 2.79. The highest BCUT2D eigenvalue weighted by molar-refractivity contribution is 9.10. The molecule has 0 heterocycles. The Balaban J connectivity index is 2.42. The first-order valence-corrected chi connectivity index (χ1v) is 5.62. The molecular weight excluding hydrogens is 266 g/mol. The van der Waals surface area contributed by atoms with Gasteiger partial charge in [0.15, 0.2) is 5.78 Å². The molecule has 0 unspecified atom stereocenters. The highest BCUT2D eigenvalue weighted by atomic mass is 79.9. The Hall–Kier alpha value is -1.61. The molecule has 3 heteroatoms. The Labute approximate surface area is 102 Å².